The predicted molar refractivity (Wildman–Crippen MR) is 273 cm³/mol. The van der Waals surface area contributed by atoms with Gasteiger partial charge in [-0.15, -0.1) is 0 Å². The smallest absolute Gasteiger partial charge is 0.252 e. The van der Waals surface area contributed by atoms with Crippen LogP contribution in [0.3, 0.4) is 0 Å². The van der Waals surface area contributed by atoms with E-state index in [9.17, 15) is 0 Å². The molecule has 3 heteroatoms. The van der Waals surface area contributed by atoms with Crippen molar-refractivity contribution in [3.05, 3.63) is 163 Å². The van der Waals surface area contributed by atoms with Crippen LogP contribution in [0.1, 0.15) is 52.7 Å². The molecule has 11 aromatic carbocycles. The second-order valence-corrected chi connectivity index (χ2v) is 20.8. The third-order valence-corrected chi connectivity index (χ3v) is 15.4. The fraction of sp³-hybridized carbons (Fsp3) is 0.133. The van der Waals surface area contributed by atoms with Gasteiger partial charge in [0.05, 0.1) is 16.6 Å². The highest BCUT2D eigenvalue weighted by molar-refractivity contribution is 7.00. The molecule has 0 amide bonds. The Bertz CT molecular complexity index is 4260. The van der Waals surface area contributed by atoms with E-state index in [0.29, 0.717) is 0 Å². The third kappa shape index (κ3) is 4.09. The van der Waals surface area contributed by atoms with Crippen molar-refractivity contribution >= 4 is 131 Å². The maximum absolute atomic E-state index is 2.69. The van der Waals surface area contributed by atoms with Crippen LogP contribution in [0.2, 0.25) is 0 Å². The van der Waals surface area contributed by atoms with Gasteiger partial charge in [0, 0.05) is 43.8 Å². The molecule has 2 nitrogen and oxygen atoms in total. The highest BCUT2D eigenvalue weighted by Crippen LogP contribution is 2.49. The number of hydrogen-bond donors (Lipinski definition) is 0. The summed E-state index contributed by atoms with van der Waals surface area (Å²) in [7, 11) is 0. The summed E-state index contributed by atoms with van der Waals surface area (Å²) >= 11 is 0. The maximum Gasteiger partial charge on any atom is 0.252 e. The van der Waals surface area contributed by atoms with E-state index < -0.39 is 0 Å². The van der Waals surface area contributed by atoms with Crippen molar-refractivity contribution in [1.82, 2.24) is 9.13 Å². The van der Waals surface area contributed by atoms with E-state index in [2.05, 4.69) is 202 Å². The minimum atomic E-state index is -0.0470. The first kappa shape index (κ1) is 34.5. The average Bonchev–Trinajstić information content (AvgIpc) is 3.81. The molecule has 4 heterocycles. The molecule has 0 unspecified atom stereocenters. The zero-order chi connectivity index (χ0) is 42.0. The Labute approximate surface area is 365 Å². The monoisotopic (exact) mass is 802 g/mol. The molecule has 0 atom stereocenters. The number of hydrogen-bond acceptors (Lipinski definition) is 0. The number of fused-ring (bicyclic) bond motifs is 18. The summed E-state index contributed by atoms with van der Waals surface area (Å²) in [4.78, 5) is 0. The van der Waals surface area contributed by atoms with Gasteiger partial charge in [-0.1, -0.05) is 157 Å². The summed E-state index contributed by atoms with van der Waals surface area (Å²) in [6.07, 6.45) is 0. The van der Waals surface area contributed by atoms with Crippen molar-refractivity contribution in [3.8, 4) is 11.4 Å². The molecule has 0 spiro atoms. The zero-order valence-corrected chi connectivity index (χ0v) is 36.4. The number of rotatable bonds is 0. The van der Waals surface area contributed by atoms with Crippen LogP contribution in [0.4, 0.5) is 0 Å². The van der Waals surface area contributed by atoms with Crippen molar-refractivity contribution in [2.24, 2.45) is 0 Å². The lowest BCUT2D eigenvalue weighted by Crippen LogP contribution is -2.59. The van der Waals surface area contributed by atoms with E-state index in [1.54, 1.807) is 0 Å². The van der Waals surface area contributed by atoms with Crippen molar-refractivity contribution in [2.75, 3.05) is 0 Å². The average molecular weight is 803 g/mol. The molecule has 2 aliphatic heterocycles. The zero-order valence-electron chi connectivity index (χ0n) is 36.4. The lowest BCUT2D eigenvalue weighted by molar-refractivity contribution is 0.590. The van der Waals surface area contributed by atoms with Crippen molar-refractivity contribution in [1.29, 1.82) is 0 Å². The Kier molecular flexibility index (Phi) is 6.07. The normalized spacial score (nSPS) is 13.8. The molecule has 0 bridgehead atoms. The Hall–Kier alpha value is -7.10. The van der Waals surface area contributed by atoms with Gasteiger partial charge in [-0.3, -0.25) is 0 Å². The Balaban J connectivity index is 1.23. The molecule has 2 aliphatic rings. The standard InChI is InChI=1S/C60H43BN2/c1-59(2,3)35-24-26-47-42(28-35)44-29-36(60(4,5)6)30-45-57(44)62(47)48-19-12-20-49-56(48)61(45)46-31-43-39-17-8-7-15-37(39)38-16-9-10-18-40(38)53(43)55-54-41-25-23-33-14-11-13-32-21-22-34(52(41)51(32)33)27-50(54)63(49)58(46)55/h7-31H,1-6H3. The van der Waals surface area contributed by atoms with Gasteiger partial charge < -0.3 is 9.13 Å². The number of benzene rings is 11. The van der Waals surface area contributed by atoms with Gasteiger partial charge in [-0.05, 0) is 134 Å². The van der Waals surface area contributed by atoms with Gasteiger partial charge in [0.1, 0.15) is 0 Å². The largest absolute Gasteiger partial charge is 0.310 e. The molecule has 63 heavy (non-hydrogen) atoms. The lowest BCUT2D eigenvalue weighted by Gasteiger charge is -2.34. The summed E-state index contributed by atoms with van der Waals surface area (Å²) in [6, 6.07) is 59.2. The van der Waals surface area contributed by atoms with E-state index in [1.807, 2.05) is 0 Å². The van der Waals surface area contributed by atoms with Crippen LogP contribution in [0.15, 0.2) is 152 Å². The van der Waals surface area contributed by atoms with Crippen LogP contribution in [0, 0.1) is 0 Å². The van der Waals surface area contributed by atoms with E-state index in [4.69, 9.17) is 0 Å². The first-order chi connectivity index (χ1) is 30.5. The molecule has 0 N–H and O–H groups in total. The number of nitrogens with zero attached hydrogens (tertiary/aromatic N) is 2. The Morgan fingerprint density at radius 3 is 1.68 bits per heavy atom. The van der Waals surface area contributed by atoms with Crippen LogP contribution < -0.4 is 16.4 Å². The van der Waals surface area contributed by atoms with Crippen LogP contribution in [-0.4, -0.2) is 15.8 Å². The highest BCUT2D eigenvalue weighted by atomic mass is 15.0. The van der Waals surface area contributed by atoms with Crippen molar-refractivity contribution in [2.45, 2.75) is 52.4 Å². The quantitative estimate of drug-likeness (QED) is 0.107. The van der Waals surface area contributed by atoms with Gasteiger partial charge in [-0.25, -0.2) is 0 Å². The molecular weight excluding hydrogens is 759 g/mol. The molecule has 0 aliphatic carbocycles. The first-order valence-corrected chi connectivity index (χ1v) is 22.7. The van der Waals surface area contributed by atoms with Crippen molar-refractivity contribution < 1.29 is 0 Å². The number of aromatic nitrogens is 2. The molecule has 13 aromatic rings. The van der Waals surface area contributed by atoms with Crippen LogP contribution in [0.25, 0.3) is 120 Å². The summed E-state index contributed by atoms with van der Waals surface area (Å²) < 4.78 is 5.31. The Morgan fingerprint density at radius 1 is 0.349 bits per heavy atom. The maximum atomic E-state index is 2.69. The van der Waals surface area contributed by atoms with Gasteiger partial charge in [-0.2, -0.15) is 0 Å². The van der Waals surface area contributed by atoms with Gasteiger partial charge in [0.15, 0.2) is 0 Å². The molecule has 2 aromatic heterocycles. The van der Waals surface area contributed by atoms with E-state index in [1.165, 1.54) is 147 Å². The molecule has 296 valence electrons. The van der Waals surface area contributed by atoms with Crippen LogP contribution in [0.5, 0.6) is 0 Å². The fourth-order valence-corrected chi connectivity index (χ4v) is 12.6. The van der Waals surface area contributed by atoms with Gasteiger partial charge in [0.25, 0.3) is 6.71 Å². The van der Waals surface area contributed by atoms with Gasteiger partial charge >= 0.3 is 0 Å². The topological polar surface area (TPSA) is 9.86 Å². The molecule has 15 rings (SSSR count). The summed E-state index contributed by atoms with van der Waals surface area (Å²) in [5.41, 5.74) is 14.8. The lowest BCUT2D eigenvalue weighted by atomic mass is 9.34. The van der Waals surface area contributed by atoms with Crippen LogP contribution in [-0.2, 0) is 10.8 Å². The minimum Gasteiger partial charge on any atom is -0.310 e. The molecule has 0 radical (unpaired) electrons. The second kappa shape index (κ2) is 11.1. The Morgan fingerprint density at radius 2 is 0.952 bits per heavy atom. The minimum absolute atomic E-state index is 0.0302. The highest BCUT2D eigenvalue weighted by Gasteiger charge is 2.42. The van der Waals surface area contributed by atoms with E-state index in [0.717, 1.165) is 0 Å². The SMILES string of the molecule is CC(C)(C)c1ccc2c(c1)c1cc(C(C)(C)C)cc3c1n2-c1cccc2c1B3c1cc3c4ccccc4c4ccccc4c3c3c4c5ccc6cccc7ccc(cc4n-2c13)c5c76. The molecule has 0 saturated heterocycles. The first-order valence-electron chi connectivity index (χ1n) is 22.7. The summed E-state index contributed by atoms with van der Waals surface area (Å²) in [5, 5.41) is 21.3. The predicted octanol–water partition coefficient (Wildman–Crippen LogP) is 14.0. The third-order valence-electron chi connectivity index (χ3n) is 15.4. The van der Waals surface area contributed by atoms with E-state index in [-0.39, 0.29) is 17.5 Å². The molecular formula is C60H43BN2. The fourth-order valence-electron chi connectivity index (χ4n) is 12.6. The van der Waals surface area contributed by atoms with Crippen molar-refractivity contribution in [3.63, 3.8) is 0 Å². The second-order valence-electron chi connectivity index (χ2n) is 20.8. The van der Waals surface area contributed by atoms with E-state index >= 15 is 0 Å². The summed E-state index contributed by atoms with van der Waals surface area (Å²) in [6.45, 7) is 14.2. The molecule has 0 saturated carbocycles. The summed E-state index contributed by atoms with van der Waals surface area (Å²) in [5.74, 6) is 0. The molecule has 0 fully saturated rings. The van der Waals surface area contributed by atoms with Crippen LogP contribution >= 0.6 is 0 Å². The van der Waals surface area contributed by atoms with Gasteiger partial charge in [0.2, 0.25) is 0 Å².